The van der Waals surface area contributed by atoms with E-state index in [1.54, 1.807) is 6.20 Å². The predicted octanol–water partition coefficient (Wildman–Crippen LogP) is 0.783. The summed E-state index contributed by atoms with van der Waals surface area (Å²) in [6.07, 6.45) is 2.84. The summed E-state index contributed by atoms with van der Waals surface area (Å²) in [6.45, 7) is 5.83. The van der Waals surface area contributed by atoms with Gasteiger partial charge in [0.25, 0.3) is 0 Å². The summed E-state index contributed by atoms with van der Waals surface area (Å²) in [4.78, 5) is 0. The third-order valence-electron chi connectivity index (χ3n) is 1.83. The Kier molecular flexibility index (Phi) is 3.22. The van der Waals surface area contributed by atoms with E-state index in [1.165, 1.54) is 0 Å². The highest BCUT2D eigenvalue weighted by atomic mass is 15.4. The Morgan fingerprint density at radius 1 is 1.58 bits per heavy atom. The maximum atomic E-state index is 5.50. The number of nitrogens with two attached hydrogens (primary N) is 1. The van der Waals surface area contributed by atoms with Crippen molar-refractivity contribution >= 4 is 0 Å². The first kappa shape index (κ1) is 9.19. The van der Waals surface area contributed by atoms with Gasteiger partial charge in [-0.05, 0) is 12.3 Å². The minimum Gasteiger partial charge on any atom is -0.325 e. The first-order valence-electron chi connectivity index (χ1n) is 4.31. The summed E-state index contributed by atoms with van der Waals surface area (Å²) in [7, 11) is 0. The van der Waals surface area contributed by atoms with Gasteiger partial charge in [-0.2, -0.15) is 0 Å². The molecule has 0 aliphatic rings. The Morgan fingerprint density at radius 3 is 2.92 bits per heavy atom. The molecule has 0 amide bonds. The maximum Gasteiger partial charge on any atom is 0.0738 e. The first-order valence-corrected chi connectivity index (χ1v) is 4.31. The molecule has 0 fully saturated rings. The molecule has 0 bridgehead atoms. The van der Waals surface area contributed by atoms with E-state index in [0.29, 0.717) is 12.5 Å². The molecular formula is C8H16N4. The van der Waals surface area contributed by atoms with Crippen molar-refractivity contribution < 1.29 is 0 Å². The molecule has 2 N–H and O–H groups in total. The zero-order valence-corrected chi connectivity index (χ0v) is 7.70. The molecule has 0 atom stereocenters. The lowest BCUT2D eigenvalue weighted by atomic mass is 10.1. The monoisotopic (exact) mass is 168 g/mol. The molecule has 1 aromatic heterocycles. The highest BCUT2D eigenvalue weighted by Gasteiger charge is 2.01. The van der Waals surface area contributed by atoms with Gasteiger partial charge in [0, 0.05) is 13.1 Å². The molecule has 1 aromatic rings. The van der Waals surface area contributed by atoms with Gasteiger partial charge in [-0.25, -0.2) is 4.68 Å². The molecule has 0 radical (unpaired) electrons. The molecule has 4 heteroatoms. The molecule has 0 spiro atoms. The van der Waals surface area contributed by atoms with E-state index in [0.717, 1.165) is 18.7 Å². The normalized spacial score (nSPS) is 11.0. The van der Waals surface area contributed by atoms with Crippen LogP contribution in [0.4, 0.5) is 0 Å². The predicted molar refractivity (Wildman–Crippen MR) is 47.4 cm³/mol. The fraction of sp³-hybridized carbons (Fsp3) is 0.750. The summed E-state index contributed by atoms with van der Waals surface area (Å²) < 4.78 is 1.88. The van der Waals surface area contributed by atoms with Crippen LogP contribution in [-0.4, -0.2) is 15.0 Å². The average molecular weight is 168 g/mol. The van der Waals surface area contributed by atoms with Gasteiger partial charge in [-0.3, -0.25) is 0 Å². The topological polar surface area (TPSA) is 56.7 Å². The number of aromatic nitrogens is 3. The Labute approximate surface area is 72.8 Å². The summed E-state index contributed by atoms with van der Waals surface area (Å²) in [5.74, 6) is 0.694. The zero-order valence-electron chi connectivity index (χ0n) is 7.70. The summed E-state index contributed by atoms with van der Waals surface area (Å²) in [5, 5.41) is 7.75. The van der Waals surface area contributed by atoms with E-state index in [9.17, 15) is 0 Å². The van der Waals surface area contributed by atoms with Crippen molar-refractivity contribution in [1.29, 1.82) is 0 Å². The van der Waals surface area contributed by atoms with Crippen LogP contribution in [0.25, 0.3) is 0 Å². The smallest absolute Gasteiger partial charge is 0.0738 e. The Balaban J connectivity index is 2.50. The lowest BCUT2D eigenvalue weighted by Crippen LogP contribution is -2.10. The summed E-state index contributed by atoms with van der Waals surface area (Å²) in [5.41, 5.74) is 6.51. The lowest BCUT2D eigenvalue weighted by molar-refractivity contribution is 0.467. The van der Waals surface area contributed by atoms with Gasteiger partial charge in [0.05, 0.1) is 11.9 Å². The first-order chi connectivity index (χ1) is 5.74. The molecular weight excluding hydrogens is 152 g/mol. The second-order valence-corrected chi connectivity index (χ2v) is 3.34. The third-order valence-corrected chi connectivity index (χ3v) is 1.83. The third kappa shape index (κ3) is 2.30. The van der Waals surface area contributed by atoms with Gasteiger partial charge in [-0.1, -0.05) is 19.1 Å². The van der Waals surface area contributed by atoms with E-state index in [1.807, 2.05) is 4.68 Å². The largest absolute Gasteiger partial charge is 0.325 e. The van der Waals surface area contributed by atoms with Crippen LogP contribution < -0.4 is 5.73 Å². The van der Waals surface area contributed by atoms with Gasteiger partial charge in [0.15, 0.2) is 0 Å². The van der Waals surface area contributed by atoms with Gasteiger partial charge in [-0.15, -0.1) is 5.10 Å². The summed E-state index contributed by atoms with van der Waals surface area (Å²) in [6, 6.07) is 0. The Bertz CT molecular complexity index is 229. The molecule has 0 unspecified atom stereocenters. The lowest BCUT2D eigenvalue weighted by Gasteiger charge is -2.05. The van der Waals surface area contributed by atoms with Gasteiger partial charge >= 0.3 is 0 Å². The SMILES string of the molecule is CC(C)CCn1nncc1CN. The molecule has 0 aliphatic carbocycles. The highest BCUT2D eigenvalue weighted by Crippen LogP contribution is 2.03. The van der Waals surface area contributed by atoms with Crippen LogP contribution in [0.5, 0.6) is 0 Å². The van der Waals surface area contributed by atoms with Crippen molar-refractivity contribution in [2.45, 2.75) is 33.4 Å². The van der Waals surface area contributed by atoms with Crippen LogP contribution in [-0.2, 0) is 13.1 Å². The van der Waals surface area contributed by atoms with Crippen molar-refractivity contribution in [3.63, 3.8) is 0 Å². The number of nitrogens with zero attached hydrogens (tertiary/aromatic N) is 3. The molecule has 68 valence electrons. The van der Waals surface area contributed by atoms with Crippen LogP contribution in [0.1, 0.15) is 26.0 Å². The molecule has 1 rings (SSSR count). The van der Waals surface area contributed by atoms with E-state index in [4.69, 9.17) is 5.73 Å². The van der Waals surface area contributed by atoms with Gasteiger partial charge in [0.1, 0.15) is 0 Å². The van der Waals surface area contributed by atoms with Crippen LogP contribution in [0, 0.1) is 5.92 Å². The van der Waals surface area contributed by atoms with Gasteiger partial charge < -0.3 is 5.73 Å². The molecule has 12 heavy (non-hydrogen) atoms. The van der Waals surface area contributed by atoms with Crippen molar-refractivity contribution in [3.05, 3.63) is 11.9 Å². The van der Waals surface area contributed by atoms with Crippen molar-refractivity contribution in [2.75, 3.05) is 0 Å². The van der Waals surface area contributed by atoms with Crippen LogP contribution in [0.3, 0.4) is 0 Å². The maximum absolute atomic E-state index is 5.50. The second kappa shape index (κ2) is 4.21. The zero-order chi connectivity index (χ0) is 8.97. The molecule has 0 aromatic carbocycles. The standard InChI is InChI=1S/C8H16N4/c1-7(2)3-4-12-8(5-9)6-10-11-12/h6-7H,3-5,9H2,1-2H3. The fourth-order valence-corrected chi connectivity index (χ4v) is 1.01. The van der Waals surface area contributed by atoms with Crippen LogP contribution in [0.15, 0.2) is 6.20 Å². The van der Waals surface area contributed by atoms with E-state index >= 15 is 0 Å². The minimum absolute atomic E-state index is 0.519. The number of aryl methyl sites for hydroxylation is 1. The Morgan fingerprint density at radius 2 is 2.33 bits per heavy atom. The van der Waals surface area contributed by atoms with Crippen molar-refractivity contribution in [1.82, 2.24) is 15.0 Å². The quantitative estimate of drug-likeness (QED) is 0.723. The van der Waals surface area contributed by atoms with Crippen LogP contribution in [0.2, 0.25) is 0 Å². The highest BCUT2D eigenvalue weighted by molar-refractivity contribution is 4.92. The minimum atomic E-state index is 0.519. The molecule has 0 aliphatic heterocycles. The number of hydrogen-bond donors (Lipinski definition) is 1. The van der Waals surface area contributed by atoms with Crippen molar-refractivity contribution in [2.24, 2.45) is 11.7 Å². The molecule has 1 heterocycles. The molecule has 4 nitrogen and oxygen atoms in total. The van der Waals surface area contributed by atoms with Crippen molar-refractivity contribution in [3.8, 4) is 0 Å². The van der Waals surface area contributed by atoms with Gasteiger partial charge in [0.2, 0.25) is 0 Å². The van der Waals surface area contributed by atoms with E-state index in [-0.39, 0.29) is 0 Å². The second-order valence-electron chi connectivity index (χ2n) is 3.34. The molecule has 0 saturated heterocycles. The van der Waals surface area contributed by atoms with Crippen LogP contribution >= 0.6 is 0 Å². The fourth-order valence-electron chi connectivity index (χ4n) is 1.01. The summed E-state index contributed by atoms with van der Waals surface area (Å²) >= 11 is 0. The van der Waals surface area contributed by atoms with E-state index < -0.39 is 0 Å². The van der Waals surface area contributed by atoms with E-state index in [2.05, 4.69) is 24.2 Å². The average Bonchev–Trinajstić information content (AvgIpc) is 2.47. The Hall–Kier alpha value is -0.900. The number of rotatable bonds is 4. The molecule has 0 saturated carbocycles. The number of hydrogen-bond acceptors (Lipinski definition) is 3.